The summed E-state index contributed by atoms with van der Waals surface area (Å²) in [6.07, 6.45) is 1.97. The van der Waals surface area contributed by atoms with Crippen molar-refractivity contribution in [1.29, 1.82) is 0 Å². The van der Waals surface area contributed by atoms with Crippen molar-refractivity contribution in [2.45, 2.75) is 33.1 Å². The van der Waals surface area contributed by atoms with Gasteiger partial charge in [0.15, 0.2) is 0 Å². The van der Waals surface area contributed by atoms with E-state index in [9.17, 15) is 13.2 Å². The third kappa shape index (κ3) is 3.66. The summed E-state index contributed by atoms with van der Waals surface area (Å²) >= 11 is 0. The minimum absolute atomic E-state index is 0.0152. The van der Waals surface area contributed by atoms with Crippen molar-refractivity contribution in [3.8, 4) is 0 Å². The first-order valence-electron chi connectivity index (χ1n) is 5.96. The summed E-state index contributed by atoms with van der Waals surface area (Å²) in [6.45, 7) is 3.89. The molecule has 10 heteroatoms. The molecule has 2 atom stereocenters. The second-order valence-electron chi connectivity index (χ2n) is 5.91. The van der Waals surface area contributed by atoms with Crippen LogP contribution >= 0.6 is 7.82 Å². The number of rotatable bonds is 2. The maximum Gasteiger partial charge on any atom is 0.466 e. The topological polar surface area (TPSA) is 149 Å². The highest BCUT2D eigenvalue weighted by Gasteiger charge is 2.65. The molecule has 2 aliphatic rings. The van der Waals surface area contributed by atoms with Crippen LogP contribution in [0, 0.1) is 16.7 Å². The van der Waals surface area contributed by atoms with Gasteiger partial charge >= 0.3 is 7.82 Å². The molecular formula is C10H19O8PS. The maximum atomic E-state index is 11.9. The maximum absolute atomic E-state index is 11.9. The zero-order chi connectivity index (χ0) is 16.0. The van der Waals surface area contributed by atoms with Gasteiger partial charge < -0.3 is 14.7 Å². The van der Waals surface area contributed by atoms with Crippen molar-refractivity contribution in [1.82, 2.24) is 0 Å². The number of carbonyl (C=O) groups is 1. The van der Waals surface area contributed by atoms with Crippen molar-refractivity contribution in [2.75, 3.05) is 5.75 Å². The van der Waals surface area contributed by atoms with Crippen LogP contribution in [-0.4, -0.2) is 39.2 Å². The van der Waals surface area contributed by atoms with E-state index >= 15 is 0 Å². The molecule has 2 unspecified atom stereocenters. The lowest BCUT2D eigenvalue weighted by Crippen LogP contribution is -2.42. The summed E-state index contributed by atoms with van der Waals surface area (Å²) in [5.74, 6) is -0.101. The van der Waals surface area contributed by atoms with Crippen molar-refractivity contribution in [3.05, 3.63) is 0 Å². The average molecular weight is 330 g/mol. The Hall–Kier alpha value is -0.310. The fourth-order valence-electron chi connectivity index (χ4n) is 3.42. The number of hydrogen-bond acceptors (Lipinski definition) is 4. The van der Waals surface area contributed by atoms with E-state index in [0.29, 0.717) is 12.8 Å². The first-order chi connectivity index (χ1) is 8.69. The minimum Gasteiger partial charge on any atom is -0.303 e. The van der Waals surface area contributed by atoms with Crippen LogP contribution in [-0.2, 0) is 19.5 Å². The SMILES string of the molecule is CC1(C)C2CCC1(CS(=O)(=O)O)C(=O)C2.O=P(O)(O)O. The van der Waals surface area contributed by atoms with Crippen LogP contribution in [0.1, 0.15) is 33.1 Å². The molecule has 2 fully saturated rings. The monoisotopic (exact) mass is 330 g/mol. The Morgan fingerprint density at radius 3 is 2.00 bits per heavy atom. The van der Waals surface area contributed by atoms with E-state index in [4.69, 9.17) is 23.8 Å². The predicted molar refractivity (Wildman–Crippen MR) is 69.2 cm³/mol. The number of phosphoric acid groups is 1. The van der Waals surface area contributed by atoms with Gasteiger partial charge in [-0.25, -0.2) is 4.57 Å². The molecule has 2 saturated carbocycles. The van der Waals surface area contributed by atoms with E-state index in [1.165, 1.54) is 0 Å². The molecule has 2 bridgehead atoms. The Balaban J connectivity index is 0.000000347. The molecule has 0 amide bonds. The van der Waals surface area contributed by atoms with E-state index in [1.807, 2.05) is 13.8 Å². The Kier molecular flexibility index (Phi) is 4.57. The van der Waals surface area contributed by atoms with Gasteiger partial charge in [0.2, 0.25) is 0 Å². The lowest BCUT2D eigenvalue weighted by atomic mass is 9.70. The fraction of sp³-hybridized carbons (Fsp3) is 0.900. The normalized spacial score (nSPS) is 31.9. The molecule has 2 rings (SSSR count). The summed E-state index contributed by atoms with van der Waals surface area (Å²) < 4.78 is 39.9. The molecule has 0 heterocycles. The van der Waals surface area contributed by atoms with Crippen LogP contribution in [0.4, 0.5) is 0 Å². The molecule has 2 aliphatic carbocycles. The van der Waals surface area contributed by atoms with Gasteiger partial charge in [-0.15, -0.1) is 0 Å². The summed E-state index contributed by atoms with van der Waals surface area (Å²) in [5.41, 5.74) is -1.12. The Morgan fingerprint density at radius 1 is 1.30 bits per heavy atom. The highest BCUT2D eigenvalue weighted by molar-refractivity contribution is 7.85. The van der Waals surface area contributed by atoms with E-state index < -0.39 is 29.1 Å². The fourth-order valence-corrected chi connectivity index (χ4v) is 4.72. The van der Waals surface area contributed by atoms with Crippen molar-refractivity contribution in [2.24, 2.45) is 16.7 Å². The van der Waals surface area contributed by atoms with Gasteiger partial charge in [0.05, 0.1) is 11.2 Å². The Labute approximate surface area is 117 Å². The van der Waals surface area contributed by atoms with Gasteiger partial charge in [-0.3, -0.25) is 9.35 Å². The van der Waals surface area contributed by atoms with E-state index in [2.05, 4.69) is 0 Å². The second-order valence-corrected chi connectivity index (χ2v) is 8.39. The van der Waals surface area contributed by atoms with Gasteiger partial charge in [-0.2, -0.15) is 8.42 Å². The van der Waals surface area contributed by atoms with E-state index in [-0.39, 0.29) is 17.1 Å². The number of carbonyl (C=O) groups excluding carboxylic acids is 1. The smallest absolute Gasteiger partial charge is 0.303 e. The molecule has 0 aromatic rings. The average Bonchev–Trinajstić information content (AvgIpc) is 2.45. The van der Waals surface area contributed by atoms with Gasteiger partial charge in [0, 0.05) is 6.42 Å². The van der Waals surface area contributed by atoms with Crippen molar-refractivity contribution >= 4 is 23.7 Å². The first-order valence-corrected chi connectivity index (χ1v) is 9.13. The third-order valence-electron chi connectivity index (χ3n) is 4.57. The zero-order valence-corrected chi connectivity index (χ0v) is 12.9. The summed E-state index contributed by atoms with van der Waals surface area (Å²) in [4.78, 5) is 33.4. The van der Waals surface area contributed by atoms with Gasteiger partial charge in [-0.05, 0) is 24.2 Å². The molecule has 118 valence electrons. The molecule has 8 nitrogen and oxygen atoms in total. The van der Waals surface area contributed by atoms with Gasteiger partial charge in [0.25, 0.3) is 10.1 Å². The van der Waals surface area contributed by atoms with E-state index in [0.717, 1.165) is 6.42 Å². The van der Waals surface area contributed by atoms with Crippen LogP contribution in [0.15, 0.2) is 0 Å². The molecule has 4 N–H and O–H groups in total. The lowest BCUT2D eigenvalue weighted by molar-refractivity contribution is -0.128. The van der Waals surface area contributed by atoms with Crippen LogP contribution in [0.25, 0.3) is 0 Å². The Morgan fingerprint density at radius 2 is 1.75 bits per heavy atom. The number of Topliss-reactive ketones (excluding diaryl/α,β-unsaturated/α-hetero) is 1. The molecule has 0 radical (unpaired) electrons. The molecule has 0 aliphatic heterocycles. The molecule has 0 aromatic carbocycles. The highest BCUT2D eigenvalue weighted by atomic mass is 32.2. The summed E-state index contributed by atoms with van der Waals surface area (Å²) in [7, 11) is -8.72. The molecule has 0 spiro atoms. The summed E-state index contributed by atoms with van der Waals surface area (Å²) in [6, 6.07) is 0. The number of fused-ring (bicyclic) bond motifs is 2. The van der Waals surface area contributed by atoms with E-state index in [1.54, 1.807) is 0 Å². The second kappa shape index (κ2) is 5.15. The van der Waals surface area contributed by atoms with Crippen molar-refractivity contribution in [3.63, 3.8) is 0 Å². The number of hydrogen-bond donors (Lipinski definition) is 4. The predicted octanol–water partition coefficient (Wildman–Crippen LogP) is 0.341. The van der Waals surface area contributed by atoms with Crippen LogP contribution in [0.3, 0.4) is 0 Å². The zero-order valence-electron chi connectivity index (χ0n) is 11.2. The first kappa shape index (κ1) is 17.7. The highest BCUT2D eigenvalue weighted by Crippen LogP contribution is 2.64. The summed E-state index contributed by atoms with van der Waals surface area (Å²) in [5, 5.41) is 0. The molecule has 0 aromatic heterocycles. The van der Waals surface area contributed by atoms with Crippen LogP contribution in [0.5, 0.6) is 0 Å². The van der Waals surface area contributed by atoms with Crippen LogP contribution in [0.2, 0.25) is 0 Å². The molecule has 20 heavy (non-hydrogen) atoms. The standard InChI is InChI=1S/C10H16O4S.H3O4P/c1-9(2)7-3-4-10(9,8(11)5-7)6-15(12,13)14;1-5(2,3)4/h7H,3-6H2,1-2H3,(H,12,13,14);(H3,1,2,3,4). The molecule has 0 saturated heterocycles. The number of ketones is 1. The quantitative estimate of drug-likeness (QED) is 0.418. The van der Waals surface area contributed by atoms with Gasteiger partial charge in [-0.1, -0.05) is 13.8 Å². The largest absolute Gasteiger partial charge is 0.466 e. The third-order valence-corrected chi connectivity index (χ3v) is 5.43. The lowest BCUT2D eigenvalue weighted by Gasteiger charge is -2.35. The van der Waals surface area contributed by atoms with Crippen molar-refractivity contribution < 1.29 is 37.0 Å². The minimum atomic E-state index is -4.64. The molecular weight excluding hydrogens is 311 g/mol. The Bertz CT molecular complexity index is 539. The van der Waals surface area contributed by atoms with Crippen LogP contribution < -0.4 is 0 Å². The van der Waals surface area contributed by atoms with Gasteiger partial charge in [0.1, 0.15) is 5.78 Å².